The van der Waals surface area contributed by atoms with Gasteiger partial charge in [0.15, 0.2) is 0 Å². The molecule has 1 amide bonds. The third-order valence-electron chi connectivity index (χ3n) is 2.21. The fourth-order valence-electron chi connectivity index (χ4n) is 1.40. The largest absolute Gasteiger partial charge is 0.355 e. The van der Waals surface area contributed by atoms with Crippen LogP contribution in [0.3, 0.4) is 0 Å². The molecule has 0 radical (unpaired) electrons. The molecular formula is C12H17ClN2O. The number of halogens is 1. The van der Waals surface area contributed by atoms with Crippen molar-refractivity contribution in [1.82, 2.24) is 10.6 Å². The van der Waals surface area contributed by atoms with Gasteiger partial charge < -0.3 is 10.6 Å². The van der Waals surface area contributed by atoms with Crippen molar-refractivity contribution in [1.29, 1.82) is 0 Å². The highest BCUT2D eigenvalue weighted by Gasteiger charge is 2.00. The van der Waals surface area contributed by atoms with Crippen molar-refractivity contribution in [3.05, 3.63) is 34.3 Å². The minimum atomic E-state index is 0.0215. The van der Waals surface area contributed by atoms with Gasteiger partial charge in [0, 0.05) is 18.1 Å². The molecule has 1 aromatic rings. The van der Waals surface area contributed by atoms with Crippen LogP contribution in [0, 0.1) is 6.92 Å². The lowest BCUT2D eigenvalue weighted by molar-refractivity contribution is -0.120. The Bertz CT molecular complexity index is 366. The molecule has 0 atom stereocenters. The van der Waals surface area contributed by atoms with Gasteiger partial charge in [-0.2, -0.15) is 0 Å². The Labute approximate surface area is 101 Å². The van der Waals surface area contributed by atoms with E-state index in [9.17, 15) is 4.79 Å². The Morgan fingerprint density at radius 3 is 2.81 bits per heavy atom. The molecule has 0 aliphatic carbocycles. The molecule has 3 nitrogen and oxygen atoms in total. The number of carbonyl (C=O) groups excluding carboxylic acids is 1. The number of hydrogen-bond acceptors (Lipinski definition) is 2. The van der Waals surface area contributed by atoms with Gasteiger partial charge >= 0.3 is 0 Å². The number of likely N-dealkylation sites (N-methyl/N-ethyl adjacent to an activating group) is 1. The van der Waals surface area contributed by atoms with Crippen LogP contribution in [0.25, 0.3) is 0 Å². The lowest BCUT2D eigenvalue weighted by Crippen LogP contribution is -2.33. The van der Waals surface area contributed by atoms with Crippen LogP contribution in [0.15, 0.2) is 18.2 Å². The number of benzene rings is 1. The molecule has 0 aromatic heterocycles. The summed E-state index contributed by atoms with van der Waals surface area (Å²) in [6.07, 6.45) is 0. The van der Waals surface area contributed by atoms with Gasteiger partial charge in [-0.15, -0.1) is 0 Å². The third kappa shape index (κ3) is 4.21. The van der Waals surface area contributed by atoms with E-state index in [0.29, 0.717) is 19.6 Å². The molecule has 0 spiro atoms. The highest BCUT2D eigenvalue weighted by Crippen LogP contribution is 2.15. The highest BCUT2D eigenvalue weighted by molar-refractivity contribution is 6.31. The maximum Gasteiger partial charge on any atom is 0.233 e. The Balaban J connectivity index is 2.37. The summed E-state index contributed by atoms with van der Waals surface area (Å²) in [5, 5.41) is 6.58. The normalized spacial score (nSPS) is 10.2. The van der Waals surface area contributed by atoms with Crippen LogP contribution in [-0.4, -0.2) is 19.0 Å². The first-order valence-electron chi connectivity index (χ1n) is 5.36. The number of amides is 1. The zero-order valence-corrected chi connectivity index (χ0v) is 10.4. The molecule has 0 unspecified atom stereocenters. The first-order chi connectivity index (χ1) is 7.63. The van der Waals surface area contributed by atoms with Crippen molar-refractivity contribution in [2.75, 3.05) is 13.1 Å². The lowest BCUT2D eigenvalue weighted by atomic mass is 10.1. The topological polar surface area (TPSA) is 41.1 Å². The zero-order chi connectivity index (χ0) is 12.0. The first kappa shape index (κ1) is 13.0. The van der Waals surface area contributed by atoms with Crippen molar-refractivity contribution < 1.29 is 4.79 Å². The summed E-state index contributed by atoms with van der Waals surface area (Å²) in [7, 11) is 0. The standard InChI is InChI=1S/C12H17ClN2O/c1-3-15-12(16)8-14-7-10-4-5-11(13)9(2)6-10/h4-6,14H,3,7-8H2,1-2H3,(H,15,16). The molecule has 0 saturated heterocycles. The molecule has 0 heterocycles. The van der Waals surface area contributed by atoms with E-state index in [1.807, 2.05) is 32.0 Å². The highest BCUT2D eigenvalue weighted by atomic mass is 35.5. The lowest BCUT2D eigenvalue weighted by Gasteiger charge is -2.06. The predicted molar refractivity (Wildman–Crippen MR) is 66.6 cm³/mol. The maximum atomic E-state index is 11.2. The van der Waals surface area contributed by atoms with Gasteiger partial charge in [0.1, 0.15) is 0 Å². The maximum absolute atomic E-state index is 11.2. The average molecular weight is 241 g/mol. The minimum absolute atomic E-state index is 0.0215. The number of aryl methyl sites for hydroxylation is 1. The SMILES string of the molecule is CCNC(=O)CNCc1ccc(Cl)c(C)c1. The van der Waals surface area contributed by atoms with E-state index in [-0.39, 0.29) is 5.91 Å². The summed E-state index contributed by atoms with van der Waals surface area (Å²) in [4.78, 5) is 11.2. The number of hydrogen-bond donors (Lipinski definition) is 2. The predicted octanol–water partition coefficient (Wildman–Crippen LogP) is 1.87. The van der Waals surface area contributed by atoms with Crippen LogP contribution >= 0.6 is 11.6 Å². The van der Waals surface area contributed by atoms with Crippen LogP contribution in [0.4, 0.5) is 0 Å². The molecule has 4 heteroatoms. The van der Waals surface area contributed by atoms with Crippen molar-refractivity contribution >= 4 is 17.5 Å². The molecule has 0 bridgehead atoms. The van der Waals surface area contributed by atoms with Crippen LogP contribution in [-0.2, 0) is 11.3 Å². The van der Waals surface area contributed by atoms with Gasteiger partial charge in [-0.05, 0) is 31.0 Å². The summed E-state index contributed by atoms with van der Waals surface area (Å²) in [6, 6.07) is 5.85. The fourth-order valence-corrected chi connectivity index (χ4v) is 1.51. The number of carbonyl (C=O) groups is 1. The van der Waals surface area contributed by atoms with E-state index < -0.39 is 0 Å². The molecular weight excluding hydrogens is 224 g/mol. The quantitative estimate of drug-likeness (QED) is 0.825. The average Bonchev–Trinajstić information content (AvgIpc) is 2.24. The zero-order valence-electron chi connectivity index (χ0n) is 9.64. The van der Waals surface area contributed by atoms with E-state index in [2.05, 4.69) is 10.6 Å². The van der Waals surface area contributed by atoms with Crippen molar-refractivity contribution in [2.45, 2.75) is 20.4 Å². The van der Waals surface area contributed by atoms with Gasteiger partial charge in [0.25, 0.3) is 0 Å². The summed E-state index contributed by atoms with van der Waals surface area (Å²) < 4.78 is 0. The summed E-state index contributed by atoms with van der Waals surface area (Å²) in [6.45, 7) is 5.56. The van der Waals surface area contributed by atoms with Gasteiger partial charge in [-0.3, -0.25) is 4.79 Å². The molecule has 88 valence electrons. The molecule has 1 aromatic carbocycles. The fraction of sp³-hybridized carbons (Fsp3) is 0.417. The van der Waals surface area contributed by atoms with Gasteiger partial charge in [0.2, 0.25) is 5.91 Å². The smallest absolute Gasteiger partial charge is 0.233 e. The van der Waals surface area contributed by atoms with E-state index in [1.54, 1.807) is 0 Å². The molecule has 0 aliphatic heterocycles. The van der Waals surface area contributed by atoms with E-state index in [0.717, 1.165) is 16.1 Å². The van der Waals surface area contributed by atoms with Crippen LogP contribution in [0.1, 0.15) is 18.1 Å². The Hall–Kier alpha value is -1.06. The molecule has 0 aliphatic rings. The summed E-state index contributed by atoms with van der Waals surface area (Å²) in [5.41, 5.74) is 2.19. The van der Waals surface area contributed by atoms with Gasteiger partial charge in [-0.1, -0.05) is 23.7 Å². The van der Waals surface area contributed by atoms with Crippen LogP contribution in [0.5, 0.6) is 0 Å². The Morgan fingerprint density at radius 2 is 2.19 bits per heavy atom. The van der Waals surface area contributed by atoms with Gasteiger partial charge in [-0.25, -0.2) is 0 Å². The number of nitrogens with one attached hydrogen (secondary N) is 2. The molecule has 0 fully saturated rings. The third-order valence-corrected chi connectivity index (χ3v) is 2.64. The molecule has 16 heavy (non-hydrogen) atoms. The van der Waals surface area contributed by atoms with Crippen molar-refractivity contribution in [3.8, 4) is 0 Å². The molecule has 1 rings (SSSR count). The Kier molecular flexibility index (Phi) is 5.29. The monoisotopic (exact) mass is 240 g/mol. The van der Waals surface area contributed by atoms with Crippen molar-refractivity contribution in [3.63, 3.8) is 0 Å². The van der Waals surface area contributed by atoms with E-state index in [4.69, 9.17) is 11.6 Å². The second-order valence-electron chi connectivity index (χ2n) is 3.64. The minimum Gasteiger partial charge on any atom is -0.355 e. The van der Waals surface area contributed by atoms with Gasteiger partial charge in [0.05, 0.1) is 6.54 Å². The Morgan fingerprint density at radius 1 is 1.44 bits per heavy atom. The molecule has 0 saturated carbocycles. The molecule has 2 N–H and O–H groups in total. The van der Waals surface area contributed by atoms with Crippen LogP contribution in [0.2, 0.25) is 5.02 Å². The van der Waals surface area contributed by atoms with E-state index in [1.165, 1.54) is 0 Å². The summed E-state index contributed by atoms with van der Waals surface area (Å²) >= 11 is 5.92. The summed E-state index contributed by atoms with van der Waals surface area (Å²) in [5.74, 6) is 0.0215. The first-order valence-corrected chi connectivity index (χ1v) is 5.73. The van der Waals surface area contributed by atoms with E-state index >= 15 is 0 Å². The van der Waals surface area contributed by atoms with Crippen molar-refractivity contribution in [2.24, 2.45) is 0 Å². The number of rotatable bonds is 5. The van der Waals surface area contributed by atoms with Crippen LogP contribution < -0.4 is 10.6 Å². The second kappa shape index (κ2) is 6.51. The second-order valence-corrected chi connectivity index (χ2v) is 4.05.